The van der Waals surface area contributed by atoms with Crippen LogP contribution in [0.3, 0.4) is 0 Å². The zero-order chi connectivity index (χ0) is 20.9. The highest BCUT2D eigenvalue weighted by atomic mass is 35.5. The second-order valence-corrected chi connectivity index (χ2v) is 8.81. The van der Waals surface area contributed by atoms with Crippen LogP contribution in [0.5, 0.6) is 5.75 Å². The number of carbonyl (C=O) groups is 1. The van der Waals surface area contributed by atoms with Gasteiger partial charge in [0.2, 0.25) is 5.91 Å². The van der Waals surface area contributed by atoms with Crippen LogP contribution in [0.2, 0.25) is 5.02 Å². The van der Waals surface area contributed by atoms with Gasteiger partial charge < -0.3 is 14.5 Å². The average Bonchev–Trinajstić information content (AvgIpc) is 3.21. The van der Waals surface area contributed by atoms with E-state index in [0.29, 0.717) is 37.6 Å². The maximum atomic E-state index is 12.6. The number of thiophene rings is 1. The number of piperazine rings is 1. The van der Waals surface area contributed by atoms with Gasteiger partial charge in [-0.2, -0.15) is 0 Å². The quantitative estimate of drug-likeness (QED) is 0.505. The second-order valence-electron chi connectivity index (χ2n) is 7.26. The molecule has 0 N–H and O–H groups in total. The topological polar surface area (TPSA) is 58.6 Å². The van der Waals surface area contributed by atoms with E-state index in [2.05, 4.69) is 27.9 Å². The van der Waals surface area contributed by atoms with Crippen LogP contribution in [0.15, 0.2) is 36.7 Å². The average molecular weight is 445 g/mol. The van der Waals surface area contributed by atoms with Gasteiger partial charge in [0.25, 0.3) is 0 Å². The number of fused-ring (bicyclic) bond motifs is 1. The fourth-order valence-electron chi connectivity index (χ4n) is 3.59. The molecule has 1 saturated heterocycles. The Labute approximate surface area is 185 Å². The first-order valence-electron chi connectivity index (χ1n) is 10.3. The molecule has 1 aromatic carbocycles. The third-order valence-electron chi connectivity index (χ3n) is 5.26. The molecule has 1 aliphatic rings. The largest absolute Gasteiger partial charge is 0.494 e. The third-order valence-corrected chi connectivity index (χ3v) is 6.70. The first-order valence-corrected chi connectivity index (χ1v) is 11.5. The lowest BCUT2D eigenvalue weighted by Crippen LogP contribution is -2.49. The van der Waals surface area contributed by atoms with E-state index in [9.17, 15) is 4.79 Å². The number of nitrogens with zero attached hydrogens (tertiary/aromatic N) is 4. The number of hydrogen-bond acceptors (Lipinski definition) is 6. The van der Waals surface area contributed by atoms with Crippen LogP contribution >= 0.6 is 22.9 Å². The number of carbonyl (C=O) groups excluding carboxylic acids is 1. The van der Waals surface area contributed by atoms with Gasteiger partial charge in [-0.15, -0.1) is 11.3 Å². The van der Waals surface area contributed by atoms with Crippen molar-refractivity contribution in [3.05, 3.63) is 46.6 Å². The first kappa shape index (κ1) is 20.9. The van der Waals surface area contributed by atoms with E-state index < -0.39 is 0 Å². The molecule has 2 aromatic heterocycles. The number of aryl methyl sites for hydroxylation is 1. The molecule has 1 aliphatic heterocycles. The highest BCUT2D eigenvalue weighted by Crippen LogP contribution is 2.31. The lowest BCUT2D eigenvalue weighted by atomic mass is 10.2. The molecule has 6 nitrogen and oxygen atoms in total. The van der Waals surface area contributed by atoms with Crippen molar-refractivity contribution in [2.45, 2.75) is 26.2 Å². The molecule has 1 amide bonds. The molecule has 0 saturated carbocycles. The van der Waals surface area contributed by atoms with E-state index >= 15 is 0 Å². The molecule has 3 aromatic rings. The Morgan fingerprint density at radius 3 is 2.67 bits per heavy atom. The number of benzene rings is 1. The molecule has 0 atom stereocenters. The zero-order valence-electron chi connectivity index (χ0n) is 17.0. The molecule has 8 heteroatoms. The predicted molar refractivity (Wildman–Crippen MR) is 122 cm³/mol. The van der Waals surface area contributed by atoms with Crippen molar-refractivity contribution in [3.63, 3.8) is 0 Å². The standard InChI is InChI=1S/C22H25ClN4O2S/c1-2-18-14-19-21(24-15-25-22(19)30-18)27-11-9-26(10-12-27)20(28)4-3-13-29-17-7-5-16(23)6-8-17/h5-8,14-15H,2-4,9-13H2,1H3. The summed E-state index contributed by atoms with van der Waals surface area (Å²) in [7, 11) is 0. The molecular weight excluding hydrogens is 420 g/mol. The van der Waals surface area contributed by atoms with Crippen molar-refractivity contribution >= 4 is 44.9 Å². The molecule has 3 heterocycles. The summed E-state index contributed by atoms with van der Waals surface area (Å²) in [6.07, 6.45) is 3.84. The van der Waals surface area contributed by atoms with Crippen LogP contribution in [-0.2, 0) is 11.2 Å². The smallest absolute Gasteiger partial charge is 0.222 e. The molecule has 0 bridgehead atoms. The van der Waals surface area contributed by atoms with Gasteiger partial charge in [0.15, 0.2) is 0 Å². The second kappa shape index (κ2) is 9.62. The number of anilines is 1. The predicted octanol–water partition coefficient (Wildman–Crippen LogP) is 4.41. The van der Waals surface area contributed by atoms with Crippen LogP contribution in [0.4, 0.5) is 5.82 Å². The Morgan fingerprint density at radius 1 is 1.17 bits per heavy atom. The number of amides is 1. The van der Waals surface area contributed by atoms with Gasteiger partial charge in [-0.25, -0.2) is 9.97 Å². The summed E-state index contributed by atoms with van der Waals surface area (Å²) in [4.78, 5) is 28.1. The Hall–Kier alpha value is -2.38. The summed E-state index contributed by atoms with van der Waals surface area (Å²) >= 11 is 7.60. The SMILES string of the molecule is CCc1cc2c(N3CCN(C(=O)CCCOc4ccc(Cl)cc4)CC3)ncnc2s1. The van der Waals surface area contributed by atoms with E-state index in [4.69, 9.17) is 16.3 Å². The van der Waals surface area contributed by atoms with Crippen LogP contribution in [0, 0.1) is 0 Å². The fraction of sp³-hybridized carbons (Fsp3) is 0.409. The number of halogens is 1. The summed E-state index contributed by atoms with van der Waals surface area (Å²) in [6.45, 7) is 5.68. The zero-order valence-corrected chi connectivity index (χ0v) is 18.6. The molecule has 1 fully saturated rings. The maximum Gasteiger partial charge on any atom is 0.222 e. The number of ether oxygens (including phenoxy) is 1. The first-order chi connectivity index (χ1) is 14.6. The molecule has 158 valence electrons. The van der Waals surface area contributed by atoms with Gasteiger partial charge in [0.1, 0.15) is 22.7 Å². The van der Waals surface area contributed by atoms with Gasteiger partial charge in [0.05, 0.1) is 12.0 Å². The van der Waals surface area contributed by atoms with E-state index in [-0.39, 0.29) is 5.91 Å². The Balaban J connectivity index is 1.25. The molecule has 0 unspecified atom stereocenters. The third kappa shape index (κ3) is 4.84. The molecule has 0 radical (unpaired) electrons. The van der Waals surface area contributed by atoms with Gasteiger partial charge in [-0.3, -0.25) is 4.79 Å². The Morgan fingerprint density at radius 2 is 1.93 bits per heavy atom. The van der Waals surface area contributed by atoms with Crippen molar-refractivity contribution in [1.82, 2.24) is 14.9 Å². The monoisotopic (exact) mass is 444 g/mol. The van der Waals surface area contributed by atoms with Crippen LogP contribution in [0.25, 0.3) is 10.2 Å². The highest BCUT2D eigenvalue weighted by Gasteiger charge is 2.23. The van der Waals surface area contributed by atoms with E-state index in [1.54, 1.807) is 29.8 Å². The van der Waals surface area contributed by atoms with Gasteiger partial charge >= 0.3 is 0 Å². The molecule has 0 spiro atoms. The van der Waals surface area contributed by atoms with E-state index in [1.165, 1.54) is 4.88 Å². The minimum Gasteiger partial charge on any atom is -0.494 e. The Bertz CT molecular complexity index is 1000. The maximum absolute atomic E-state index is 12.6. The summed E-state index contributed by atoms with van der Waals surface area (Å²) in [5.74, 6) is 1.95. The van der Waals surface area contributed by atoms with Crippen molar-refractivity contribution in [2.24, 2.45) is 0 Å². The number of hydrogen-bond donors (Lipinski definition) is 0. The van der Waals surface area contributed by atoms with Crippen LogP contribution in [-0.4, -0.2) is 53.6 Å². The van der Waals surface area contributed by atoms with Gasteiger partial charge in [0, 0.05) is 42.5 Å². The van der Waals surface area contributed by atoms with Crippen molar-refractivity contribution < 1.29 is 9.53 Å². The fourth-order valence-corrected chi connectivity index (χ4v) is 4.64. The Kier molecular flexibility index (Phi) is 6.69. The molecular formula is C22H25ClN4O2S. The molecule has 4 rings (SSSR count). The normalized spacial score (nSPS) is 14.3. The number of aromatic nitrogens is 2. The van der Waals surface area contributed by atoms with E-state index in [1.807, 2.05) is 17.0 Å². The van der Waals surface area contributed by atoms with Crippen molar-refractivity contribution in [2.75, 3.05) is 37.7 Å². The van der Waals surface area contributed by atoms with Crippen molar-refractivity contribution in [3.8, 4) is 5.75 Å². The molecule has 0 aliphatic carbocycles. The summed E-state index contributed by atoms with van der Waals surface area (Å²) < 4.78 is 5.67. The number of rotatable bonds is 7. The lowest BCUT2D eigenvalue weighted by molar-refractivity contribution is -0.131. The molecule has 30 heavy (non-hydrogen) atoms. The summed E-state index contributed by atoms with van der Waals surface area (Å²) in [5.41, 5.74) is 0. The van der Waals surface area contributed by atoms with Gasteiger partial charge in [-0.1, -0.05) is 18.5 Å². The minimum atomic E-state index is 0.186. The highest BCUT2D eigenvalue weighted by molar-refractivity contribution is 7.18. The van der Waals surface area contributed by atoms with Crippen LogP contribution in [0.1, 0.15) is 24.6 Å². The minimum absolute atomic E-state index is 0.186. The van der Waals surface area contributed by atoms with Gasteiger partial charge in [-0.05, 0) is 43.2 Å². The summed E-state index contributed by atoms with van der Waals surface area (Å²) in [6, 6.07) is 9.47. The summed E-state index contributed by atoms with van der Waals surface area (Å²) in [5, 5.41) is 1.81. The van der Waals surface area contributed by atoms with Crippen molar-refractivity contribution in [1.29, 1.82) is 0 Å². The van der Waals surface area contributed by atoms with E-state index in [0.717, 1.165) is 41.3 Å². The van der Waals surface area contributed by atoms with Crippen LogP contribution < -0.4 is 9.64 Å². The lowest BCUT2D eigenvalue weighted by Gasteiger charge is -2.35.